The van der Waals surface area contributed by atoms with Crippen molar-refractivity contribution in [1.82, 2.24) is 0 Å². The first-order valence-electron chi connectivity index (χ1n) is 11.9. The van der Waals surface area contributed by atoms with Gasteiger partial charge in [0.15, 0.2) is 0 Å². The number of halogens is 3. The maximum absolute atomic E-state index is 11.6. The molecule has 13 nitrogen and oxygen atoms in total. The molecule has 44 heavy (non-hydrogen) atoms. The van der Waals surface area contributed by atoms with Gasteiger partial charge in [0.1, 0.15) is 6.04 Å². The van der Waals surface area contributed by atoms with Gasteiger partial charge in [-0.25, -0.2) is 4.79 Å². The Kier molecular flexibility index (Phi) is 28.0. The van der Waals surface area contributed by atoms with E-state index in [1.54, 1.807) is 25.1 Å². The summed E-state index contributed by atoms with van der Waals surface area (Å²) in [7, 11) is 0. The number of ketones is 2. The van der Waals surface area contributed by atoms with Crippen LogP contribution in [-0.4, -0.2) is 64.1 Å². The molecule has 0 aromatic heterocycles. The molecule has 0 aliphatic rings. The molecule has 0 bridgehead atoms. The quantitative estimate of drug-likeness (QED) is 0.0466. The van der Waals surface area contributed by atoms with Crippen LogP contribution >= 0.6 is 43.5 Å². The zero-order chi connectivity index (χ0) is 33.5. The molecule has 4 N–H and O–H groups in total. The molecule has 2 unspecified atom stereocenters. The van der Waals surface area contributed by atoms with Gasteiger partial charge in [-0.15, -0.1) is 0 Å². The van der Waals surface area contributed by atoms with Gasteiger partial charge in [0.2, 0.25) is 11.6 Å². The maximum atomic E-state index is 11.6. The largest absolute Gasteiger partial charge is 1.00 e. The van der Waals surface area contributed by atoms with Crippen molar-refractivity contribution in [2.45, 2.75) is 39.2 Å². The molecule has 17 heteroatoms. The Hall–Kier alpha value is -2.50. The minimum atomic E-state index is -1.11. The van der Waals surface area contributed by atoms with Crippen LogP contribution < -0.4 is 40.5 Å². The standard InChI is InChI=1S/C14H15BrO5.C9H10BrNO2.C3H3ClO2.CH2O3.Na/c1-2-20-14(19)12(16)8-10(13(17)18)6-9-4-3-5-11(15)7-9;10-7-3-1-2-6(4-7)5-8(11)9(12)13;1-2(5)3(4)6;2-1-4-3;/h3-5,7,10H,2,6,8H2,1H3,(H,17,18);1-4,8H,5,11H2,(H,12,13);1H3;1,3H;/q;;;;+1/p-1. The van der Waals surface area contributed by atoms with E-state index in [1.165, 1.54) is 0 Å². The second-order valence-electron chi connectivity index (χ2n) is 8.02. The van der Waals surface area contributed by atoms with E-state index in [4.69, 9.17) is 26.0 Å². The van der Waals surface area contributed by atoms with Crippen molar-refractivity contribution in [3.8, 4) is 0 Å². The van der Waals surface area contributed by atoms with Crippen molar-refractivity contribution in [2.24, 2.45) is 11.7 Å². The minimum absolute atomic E-state index is 0. The van der Waals surface area contributed by atoms with Crippen LogP contribution in [0.1, 0.15) is 31.4 Å². The summed E-state index contributed by atoms with van der Waals surface area (Å²) in [4.78, 5) is 74.9. The first-order chi connectivity index (χ1) is 20.1. The number of ether oxygens (including phenoxy) is 1. The number of esters is 1. The molecule has 0 aliphatic carbocycles. The number of aliphatic carboxylic acids is 2. The molecule has 0 fully saturated rings. The summed E-state index contributed by atoms with van der Waals surface area (Å²) in [5, 5.41) is 25.2. The van der Waals surface area contributed by atoms with Gasteiger partial charge in [-0.2, -0.15) is 0 Å². The number of nitrogens with two attached hydrogens (primary N) is 1. The number of hydrogen-bond donors (Lipinski definition) is 3. The van der Waals surface area contributed by atoms with E-state index in [0.29, 0.717) is 6.42 Å². The van der Waals surface area contributed by atoms with Crippen molar-refractivity contribution in [2.75, 3.05) is 6.61 Å². The van der Waals surface area contributed by atoms with Crippen molar-refractivity contribution in [3.05, 3.63) is 68.6 Å². The van der Waals surface area contributed by atoms with Crippen LogP contribution in [0.4, 0.5) is 0 Å². The van der Waals surface area contributed by atoms with E-state index in [2.05, 4.69) is 53.1 Å². The SMILES string of the molecule is CC(=O)C(=O)Cl.CCOC(=O)C(=O)CC(Cc1cccc(Br)c1)C(=O)O.NC(Cc1cccc(Br)c1)C(=O)O.O=CO[O-].[Na+]. The van der Waals surface area contributed by atoms with Gasteiger partial charge in [-0.05, 0) is 66.8 Å². The number of carboxylic acid groups (broad SMARTS) is 2. The molecule has 0 saturated heterocycles. The summed E-state index contributed by atoms with van der Waals surface area (Å²) in [6, 6.07) is 13.8. The predicted molar refractivity (Wildman–Crippen MR) is 157 cm³/mol. The third-order valence-electron chi connectivity index (χ3n) is 4.63. The normalized spacial score (nSPS) is 10.5. The number of carbonyl (C=O) groups excluding carboxylic acids is 5. The number of rotatable bonds is 12. The van der Waals surface area contributed by atoms with E-state index >= 15 is 0 Å². The second-order valence-corrected chi connectivity index (χ2v) is 10.2. The molecule has 0 radical (unpaired) electrons. The Morgan fingerprint density at radius 2 is 1.39 bits per heavy atom. The van der Waals surface area contributed by atoms with Gasteiger partial charge in [0.25, 0.3) is 11.7 Å². The number of Topliss-reactive ketones (excluding diaryl/α,β-unsaturated/α-hetero) is 2. The van der Waals surface area contributed by atoms with Gasteiger partial charge in [0, 0.05) is 22.3 Å². The first-order valence-corrected chi connectivity index (χ1v) is 13.9. The van der Waals surface area contributed by atoms with Crippen molar-refractivity contribution < 1.29 is 88.2 Å². The van der Waals surface area contributed by atoms with Gasteiger partial charge >= 0.3 is 47.5 Å². The average Bonchev–Trinajstić information content (AvgIpc) is 2.93. The Morgan fingerprint density at radius 1 is 0.955 bits per heavy atom. The molecule has 0 spiro atoms. The smallest absolute Gasteiger partial charge is 0.662 e. The third-order valence-corrected chi connectivity index (χ3v) is 5.89. The molecule has 0 aliphatic heterocycles. The number of carboxylic acids is 2. The second kappa shape index (κ2) is 26.9. The van der Waals surface area contributed by atoms with E-state index in [-0.39, 0.29) is 55.5 Å². The van der Waals surface area contributed by atoms with Crippen LogP contribution in [0.5, 0.6) is 0 Å². The van der Waals surface area contributed by atoms with Crippen molar-refractivity contribution in [3.63, 3.8) is 0 Å². The summed E-state index contributed by atoms with van der Waals surface area (Å²) in [6.45, 7) is 2.62. The van der Waals surface area contributed by atoms with Gasteiger partial charge < -0.3 is 30.8 Å². The van der Waals surface area contributed by atoms with Crippen LogP contribution in [0.3, 0.4) is 0 Å². The summed E-state index contributed by atoms with van der Waals surface area (Å²) < 4.78 is 6.33. The van der Waals surface area contributed by atoms with Crippen LogP contribution in [0.2, 0.25) is 0 Å². The molecule has 0 amide bonds. The van der Waals surface area contributed by atoms with Crippen LogP contribution in [-0.2, 0) is 56.0 Å². The van der Waals surface area contributed by atoms with E-state index in [1.807, 2.05) is 30.3 Å². The van der Waals surface area contributed by atoms with Gasteiger partial charge in [0.05, 0.1) is 12.5 Å². The zero-order valence-corrected chi connectivity index (χ0v) is 29.8. The Balaban J connectivity index is -0.000000598. The zero-order valence-electron chi connectivity index (χ0n) is 23.9. The van der Waals surface area contributed by atoms with Gasteiger partial charge in [-0.1, -0.05) is 56.1 Å². The topological polar surface area (TPSA) is 227 Å². The Morgan fingerprint density at radius 3 is 1.70 bits per heavy atom. The molecule has 2 aromatic rings. The first kappa shape index (κ1) is 45.9. The van der Waals surface area contributed by atoms with E-state index in [0.717, 1.165) is 27.0 Å². The summed E-state index contributed by atoms with van der Waals surface area (Å²) in [6.07, 6.45) is 0.176. The monoisotopic (exact) mass is 775 g/mol. The molecule has 236 valence electrons. The molecule has 2 aromatic carbocycles. The van der Waals surface area contributed by atoms with E-state index in [9.17, 15) is 28.8 Å². The number of benzene rings is 2. The Labute approximate surface area is 296 Å². The van der Waals surface area contributed by atoms with E-state index < -0.39 is 46.7 Å². The van der Waals surface area contributed by atoms with Crippen LogP contribution in [0.25, 0.3) is 0 Å². The fourth-order valence-corrected chi connectivity index (χ4v) is 3.61. The summed E-state index contributed by atoms with van der Waals surface area (Å²) in [5.41, 5.74) is 7.09. The number of carbonyl (C=O) groups is 7. The fraction of sp³-hybridized carbons (Fsp3) is 0.296. The van der Waals surface area contributed by atoms with Crippen LogP contribution in [0, 0.1) is 5.92 Å². The maximum Gasteiger partial charge on any atom is 1.00 e. The molecule has 2 atom stereocenters. The average molecular weight is 778 g/mol. The molecule has 0 heterocycles. The van der Waals surface area contributed by atoms with Crippen molar-refractivity contribution >= 4 is 84.6 Å². The minimum Gasteiger partial charge on any atom is -0.662 e. The molecular weight excluding hydrogens is 749 g/mol. The fourth-order valence-electron chi connectivity index (χ4n) is 2.72. The van der Waals surface area contributed by atoms with Crippen molar-refractivity contribution in [1.29, 1.82) is 0 Å². The summed E-state index contributed by atoms with van der Waals surface area (Å²) >= 11 is 11.2. The predicted octanol–water partition coefficient (Wildman–Crippen LogP) is -0.602. The number of hydrogen-bond acceptors (Lipinski definition) is 11. The summed E-state index contributed by atoms with van der Waals surface area (Å²) in [5.74, 6) is -5.43. The molecule has 0 saturated carbocycles. The van der Waals surface area contributed by atoms with Gasteiger partial charge in [-0.3, -0.25) is 28.8 Å². The molecular formula is C27H29Br2ClNNaO12. The Bertz CT molecular complexity index is 1240. The third kappa shape index (κ3) is 23.9. The van der Waals surface area contributed by atoms with Crippen LogP contribution in [0.15, 0.2) is 57.5 Å². The molecule has 2 rings (SSSR count).